The minimum absolute atomic E-state index is 0. The third kappa shape index (κ3) is 3.99. The molecule has 3 N–H and O–H groups in total. The van der Waals surface area contributed by atoms with E-state index in [9.17, 15) is 5.11 Å². The molecule has 0 radical (unpaired) electrons. The molecular weight excluding hydrogens is 280 g/mol. The number of halogens is 1. The molecule has 0 aromatic heterocycles. The second kappa shape index (κ2) is 8.32. The van der Waals surface area contributed by atoms with E-state index >= 15 is 0 Å². The van der Waals surface area contributed by atoms with Crippen LogP contribution in [0.15, 0.2) is 18.2 Å². The van der Waals surface area contributed by atoms with Crippen molar-refractivity contribution in [3.63, 3.8) is 0 Å². The summed E-state index contributed by atoms with van der Waals surface area (Å²) < 4.78 is 10.7. The fourth-order valence-electron chi connectivity index (χ4n) is 2.41. The van der Waals surface area contributed by atoms with Gasteiger partial charge in [0, 0.05) is 37.7 Å². The van der Waals surface area contributed by atoms with E-state index in [0.29, 0.717) is 13.1 Å². The van der Waals surface area contributed by atoms with Crippen molar-refractivity contribution in [3.8, 4) is 11.5 Å². The third-order valence-corrected chi connectivity index (χ3v) is 3.51. The number of aliphatic hydroxyl groups excluding tert-OH is 1. The van der Waals surface area contributed by atoms with Crippen LogP contribution in [0, 0.1) is 5.92 Å². The summed E-state index contributed by atoms with van der Waals surface area (Å²) in [7, 11) is 3.28. The molecule has 2 rings (SSSR count). The smallest absolute Gasteiger partial charge is 0.165 e. The van der Waals surface area contributed by atoms with Gasteiger partial charge in [-0.05, 0) is 6.07 Å². The average molecular weight is 303 g/mol. The Balaban J connectivity index is 0.00000200. The van der Waals surface area contributed by atoms with E-state index in [0.717, 1.165) is 30.2 Å². The van der Waals surface area contributed by atoms with Crippen molar-refractivity contribution in [2.24, 2.45) is 5.92 Å². The number of benzene rings is 1. The van der Waals surface area contributed by atoms with Crippen molar-refractivity contribution in [1.82, 2.24) is 10.6 Å². The van der Waals surface area contributed by atoms with Gasteiger partial charge in [0.1, 0.15) is 0 Å². The lowest BCUT2D eigenvalue weighted by Gasteiger charge is -2.16. The van der Waals surface area contributed by atoms with Gasteiger partial charge in [-0.15, -0.1) is 12.4 Å². The molecule has 0 aliphatic carbocycles. The number of ether oxygens (including phenoxy) is 2. The van der Waals surface area contributed by atoms with Gasteiger partial charge in [0.15, 0.2) is 11.5 Å². The fourth-order valence-corrected chi connectivity index (χ4v) is 2.41. The lowest BCUT2D eigenvalue weighted by atomic mass is 10.1. The van der Waals surface area contributed by atoms with Crippen molar-refractivity contribution in [1.29, 1.82) is 0 Å². The second-order valence-electron chi connectivity index (χ2n) is 4.77. The maximum absolute atomic E-state index is 9.72. The summed E-state index contributed by atoms with van der Waals surface area (Å²) in [5.41, 5.74) is 1.06. The molecule has 5 nitrogen and oxygen atoms in total. The first-order chi connectivity index (χ1) is 9.26. The molecule has 1 saturated heterocycles. The van der Waals surface area contributed by atoms with Gasteiger partial charge < -0.3 is 25.2 Å². The highest BCUT2D eigenvalue weighted by Gasteiger charge is 2.24. The topological polar surface area (TPSA) is 62.8 Å². The number of para-hydroxylation sites is 1. The fraction of sp³-hybridized carbons (Fsp3) is 0.571. The van der Waals surface area contributed by atoms with Crippen LogP contribution in [-0.2, 0) is 6.54 Å². The van der Waals surface area contributed by atoms with Gasteiger partial charge in [-0.25, -0.2) is 0 Å². The average Bonchev–Trinajstić information content (AvgIpc) is 2.84. The van der Waals surface area contributed by atoms with Crippen LogP contribution in [-0.4, -0.2) is 45.1 Å². The van der Waals surface area contributed by atoms with E-state index in [1.807, 2.05) is 18.2 Å². The largest absolute Gasteiger partial charge is 0.493 e. The van der Waals surface area contributed by atoms with Crippen LogP contribution in [0.3, 0.4) is 0 Å². The quantitative estimate of drug-likeness (QED) is 0.725. The molecule has 114 valence electrons. The predicted molar refractivity (Wildman–Crippen MR) is 80.9 cm³/mol. The lowest BCUT2D eigenvalue weighted by Crippen LogP contribution is -2.30. The number of hydrogen-bond acceptors (Lipinski definition) is 5. The summed E-state index contributed by atoms with van der Waals surface area (Å²) in [6.45, 7) is 3.04. The number of methoxy groups -OCH3 is 2. The maximum Gasteiger partial charge on any atom is 0.165 e. The first-order valence-electron chi connectivity index (χ1n) is 6.55. The van der Waals surface area contributed by atoms with Crippen LogP contribution in [0.2, 0.25) is 0 Å². The summed E-state index contributed by atoms with van der Waals surface area (Å²) in [5, 5.41) is 16.3. The predicted octanol–water partition coefficient (Wildman–Crippen LogP) is 0.795. The normalized spacial score (nSPS) is 21.4. The Hall–Kier alpha value is -1.01. The van der Waals surface area contributed by atoms with Crippen molar-refractivity contribution in [2.75, 3.05) is 33.9 Å². The molecule has 0 spiro atoms. The SMILES string of the molecule is COc1cccc(CNCC2CNCC2O)c1OC.Cl. The molecule has 2 unspecified atom stereocenters. The minimum atomic E-state index is -0.250. The van der Waals surface area contributed by atoms with E-state index in [4.69, 9.17) is 9.47 Å². The number of hydrogen-bond donors (Lipinski definition) is 3. The molecule has 6 heteroatoms. The van der Waals surface area contributed by atoms with Crippen LogP contribution in [0.25, 0.3) is 0 Å². The van der Waals surface area contributed by atoms with Gasteiger partial charge >= 0.3 is 0 Å². The summed E-state index contributed by atoms with van der Waals surface area (Å²) in [4.78, 5) is 0. The number of rotatable bonds is 6. The van der Waals surface area contributed by atoms with Crippen molar-refractivity contribution >= 4 is 12.4 Å². The van der Waals surface area contributed by atoms with E-state index in [1.165, 1.54) is 0 Å². The van der Waals surface area contributed by atoms with Crippen molar-refractivity contribution in [2.45, 2.75) is 12.6 Å². The van der Waals surface area contributed by atoms with Crippen LogP contribution < -0.4 is 20.1 Å². The van der Waals surface area contributed by atoms with Gasteiger partial charge in [0.25, 0.3) is 0 Å². The molecular formula is C14H23ClN2O3. The van der Waals surface area contributed by atoms with E-state index in [-0.39, 0.29) is 24.4 Å². The first-order valence-corrected chi connectivity index (χ1v) is 6.55. The van der Waals surface area contributed by atoms with Gasteiger partial charge in [0.2, 0.25) is 0 Å². The zero-order valence-corrected chi connectivity index (χ0v) is 12.7. The number of β-amino-alcohol motifs (C(OH)–C–C–N with tert-alkyl or cyclic N) is 1. The Morgan fingerprint density at radius 3 is 2.70 bits per heavy atom. The lowest BCUT2D eigenvalue weighted by molar-refractivity contribution is 0.146. The molecule has 1 aromatic rings. The monoisotopic (exact) mass is 302 g/mol. The zero-order valence-electron chi connectivity index (χ0n) is 11.9. The van der Waals surface area contributed by atoms with Gasteiger partial charge in [-0.2, -0.15) is 0 Å². The van der Waals surface area contributed by atoms with Crippen molar-refractivity contribution in [3.05, 3.63) is 23.8 Å². The van der Waals surface area contributed by atoms with Crippen LogP contribution >= 0.6 is 12.4 Å². The molecule has 1 aliphatic heterocycles. The molecule has 2 atom stereocenters. The summed E-state index contributed by atoms with van der Waals surface area (Å²) in [6.07, 6.45) is -0.250. The van der Waals surface area contributed by atoms with Gasteiger partial charge in [0.05, 0.1) is 20.3 Å². The van der Waals surface area contributed by atoms with Crippen LogP contribution in [0.1, 0.15) is 5.56 Å². The van der Waals surface area contributed by atoms with Gasteiger partial charge in [-0.3, -0.25) is 0 Å². The van der Waals surface area contributed by atoms with Gasteiger partial charge in [-0.1, -0.05) is 12.1 Å². The standard InChI is InChI=1S/C14H22N2O3.ClH/c1-18-13-5-3-4-10(14(13)19-2)6-15-7-11-8-16-9-12(11)17;/h3-5,11-12,15-17H,6-9H2,1-2H3;1H. The summed E-state index contributed by atoms with van der Waals surface area (Å²) >= 11 is 0. The molecule has 1 heterocycles. The highest BCUT2D eigenvalue weighted by atomic mass is 35.5. The molecule has 20 heavy (non-hydrogen) atoms. The highest BCUT2D eigenvalue weighted by Crippen LogP contribution is 2.30. The minimum Gasteiger partial charge on any atom is -0.493 e. The summed E-state index contributed by atoms with van der Waals surface area (Å²) in [6, 6.07) is 5.84. The van der Waals surface area contributed by atoms with Crippen molar-refractivity contribution < 1.29 is 14.6 Å². The molecule has 0 bridgehead atoms. The van der Waals surface area contributed by atoms with Crippen LogP contribution in [0.4, 0.5) is 0 Å². The second-order valence-corrected chi connectivity index (χ2v) is 4.77. The van der Waals surface area contributed by atoms with E-state index < -0.39 is 0 Å². The Kier molecular flexibility index (Phi) is 7.09. The Morgan fingerprint density at radius 1 is 1.30 bits per heavy atom. The first kappa shape index (κ1) is 17.0. The zero-order chi connectivity index (χ0) is 13.7. The van der Waals surface area contributed by atoms with Crippen LogP contribution in [0.5, 0.6) is 11.5 Å². The molecule has 0 amide bonds. The third-order valence-electron chi connectivity index (χ3n) is 3.51. The Morgan fingerprint density at radius 2 is 2.10 bits per heavy atom. The molecule has 1 aromatic carbocycles. The maximum atomic E-state index is 9.72. The highest BCUT2D eigenvalue weighted by molar-refractivity contribution is 5.85. The van der Waals surface area contributed by atoms with E-state index in [2.05, 4.69) is 10.6 Å². The Labute approximate surface area is 126 Å². The number of nitrogens with one attached hydrogen (secondary N) is 2. The van der Waals surface area contributed by atoms with E-state index in [1.54, 1.807) is 14.2 Å². The Bertz CT molecular complexity index is 417. The molecule has 0 saturated carbocycles. The molecule has 1 fully saturated rings. The summed E-state index contributed by atoms with van der Waals surface area (Å²) in [5.74, 6) is 1.78. The number of aliphatic hydroxyl groups is 1. The molecule has 1 aliphatic rings.